The number of carbonyl (C=O) groups is 1. The Balaban J connectivity index is 1.81. The zero-order valence-electron chi connectivity index (χ0n) is 12.3. The fraction of sp³-hybridized carbons (Fsp3) is 0.933. The number of hydrogen-bond donors (Lipinski definition) is 1. The first-order valence-corrected chi connectivity index (χ1v) is 7.81. The second-order valence-corrected chi connectivity index (χ2v) is 6.17. The lowest BCUT2D eigenvalue weighted by molar-refractivity contribution is -0.132. The molecule has 2 saturated heterocycles. The molecule has 4 nitrogen and oxygen atoms in total. The molecule has 1 N–H and O–H groups in total. The molecule has 0 aromatic carbocycles. The standard InChI is InChI=1S/C15H28N2O2/c1-12-6-5-10-17(12)15(19)8-11-16-9-4-3-7-14(16)13(2)18/h12-14,18H,3-11H2,1-2H3. The second-order valence-electron chi connectivity index (χ2n) is 6.17. The van der Waals surface area contributed by atoms with E-state index in [0.29, 0.717) is 18.4 Å². The number of rotatable bonds is 4. The Morgan fingerprint density at radius 1 is 1.26 bits per heavy atom. The highest BCUT2D eigenvalue weighted by Gasteiger charge is 2.28. The molecule has 19 heavy (non-hydrogen) atoms. The van der Waals surface area contributed by atoms with E-state index in [1.165, 1.54) is 12.8 Å². The van der Waals surface area contributed by atoms with Gasteiger partial charge >= 0.3 is 0 Å². The Morgan fingerprint density at radius 2 is 2.05 bits per heavy atom. The second kappa shape index (κ2) is 6.71. The molecule has 110 valence electrons. The minimum Gasteiger partial charge on any atom is -0.392 e. The Bertz CT molecular complexity index is 307. The largest absolute Gasteiger partial charge is 0.392 e. The van der Waals surface area contributed by atoms with Crippen LogP contribution in [0.3, 0.4) is 0 Å². The molecular formula is C15H28N2O2. The van der Waals surface area contributed by atoms with E-state index in [4.69, 9.17) is 0 Å². The number of amides is 1. The van der Waals surface area contributed by atoms with Crippen molar-refractivity contribution in [1.29, 1.82) is 0 Å². The van der Waals surface area contributed by atoms with E-state index in [1.807, 2.05) is 11.8 Å². The van der Waals surface area contributed by atoms with Gasteiger partial charge in [-0.25, -0.2) is 0 Å². The van der Waals surface area contributed by atoms with Crippen molar-refractivity contribution in [3.8, 4) is 0 Å². The molecule has 0 saturated carbocycles. The normalized spacial score (nSPS) is 30.6. The number of likely N-dealkylation sites (tertiary alicyclic amines) is 2. The van der Waals surface area contributed by atoms with Gasteiger partial charge in [-0.15, -0.1) is 0 Å². The molecule has 4 heteroatoms. The van der Waals surface area contributed by atoms with Crippen LogP contribution in [0.15, 0.2) is 0 Å². The maximum absolute atomic E-state index is 12.2. The molecule has 2 aliphatic heterocycles. The van der Waals surface area contributed by atoms with Crippen LogP contribution in [0.4, 0.5) is 0 Å². The highest BCUT2D eigenvalue weighted by Crippen LogP contribution is 2.21. The van der Waals surface area contributed by atoms with Gasteiger partial charge in [0.1, 0.15) is 0 Å². The van der Waals surface area contributed by atoms with Gasteiger partial charge in [0.25, 0.3) is 0 Å². The van der Waals surface area contributed by atoms with Gasteiger partial charge in [0.05, 0.1) is 6.10 Å². The summed E-state index contributed by atoms with van der Waals surface area (Å²) < 4.78 is 0. The van der Waals surface area contributed by atoms with E-state index in [2.05, 4.69) is 11.8 Å². The zero-order valence-corrected chi connectivity index (χ0v) is 12.3. The summed E-state index contributed by atoms with van der Waals surface area (Å²) >= 11 is 0. The summed E-state index contributed by atoms with van der Waals surface area (Å²) in [4.78, 5) is 16.6. The third-order valence-electron chi connectivity index (χ3n) is 4.71. The zero-order chi connectivity index (χ0) is 13.8. The SMILES string of the molecule is CC(O)C1CCCCN1CCC(=O)N1CCCC1C. The average molecular weight is 268 g/mol. The highest BCUT2D eigenvalue weighted by atomic mass is 16.3. The van der Waals surface area contributed by atoms with Crippen molar-refractivity contribution in [2.75, 3.05) is 19.6 Å². The molecule has 0 spiro atoms. The van der Waals surface area contributed by atoms with E-state index in [0.717, 1.165) is 38.9 Å². The lowest BCUT2D eigenvalue weighted by Gasteiger charge is -2.37. The van der Waals surface area contributed by atoms with Crippen molar-refractivity contribution in [3.05, 3.63) is 0 Å². The summed E-state index contributed by atoms with van der Waals surface area (Å²) in [6.07, 6.45) is 6.06. The van der Waals surface area contributed by atoms with Gasteiger partial charge in [0.15, 0.2) is 0 Å². The van der Waals surface area contributed by atoms with Crippen molar-refractivity contribution in [1.82, 2.24) is 9.80 Å². The summed E-state index contributed by atoms with van der Waals surface area (Å²) in [5.41, 5.74) is 0. The van der Waals surface area contributed by atoms with Gasteiger partial charge < -0.3 is 10.0 Å². The van der Waals surface area contributed by atoms with E-state index >= 15 is 0 Å². The molecule has 3 unspecified atom stereocenters. The Kier molecular flexibility index (Phi) is 5.22. The van der Waals surface area contributed by atoms with E-state index in [9.17, 15) is 9.90 Å². The summed E-state index contributed by atoms with van der Waals surface area (Å²) in [5, 5.41) is 9.83. The predicted octanol–water partition coefficient (Wildman–Crippen LogP) is 1.62. The summed E-state index contributed by atoms with van der Waals surface area (Å²) in [7, 11) is 0. The first kappa shape index (κ1) is 14.8. The quantitative estimate of drug-likeness (QED) is 0.842. The monoisotopic (exact) mass is 268 g/mol. The summed E-state index contributed by atoms with van der Waals surface area (Å²) in [6, 6.07) is 0.666. The average Bonchev–Trinajstić information content (AvgIpc) is 2.82. The fourth-order valence-electron chi connectivity index (χ4n) is 3.53. The molecule has 0 aromatic rings. The molecule has 0 aromatic heterocycles. The van der Waals surface area contributed by atoms with Crippen LogP contribution >= 0.6 is 0 Å². The van der Waals surface area contributed by atoms with Gasteiger partial charge in [-0.05, 0) is 46.1 Å². The fourth-order valence-corrected chi connectivity index (χ4v) is 3.53. The molecular weight excluding hydrogens is 240 g/mol. The minimum atomic E-state index is -0.291. The van der Waals surface area contributed by atoms with Gasteiger partial charge in [0, 0.05) is 31.6 Å². The van der Waals surface area contributed by atoms with Crippen LogP contribution in [0.1, 0.15) is 52.4 Å². The maximum atomic E-state index is 12.2. The Hall–Kier alpha value is -0.610. The molecule has 2 aliphatic rings. The van der Waals surface area contributed by atoms with Gasteiger partial charge in [-0.2, -0.15) is 0 Å². The lowest BCUT2D eigenvalue weighted by atomic mass is 9.98. The number of piperidine rings is 1. The van der Waals surface area contributed by atoms with Crippen molar-refractivity contribution >= 4 is 5.91 Å². The van der Waals surface area contributed by atoms with Gasteiger partial charge in [-0.3, -0.25) is 9.69 Å². The van der Waals surface area contributed by atoms with Gasteiger partial charge in [0.2, 0.25) is 5.91 Å². The third-order valence-corrected chi connectivity index (χ3v) is 4.71. The molecule has 0 aliphatic carbocycles. The molecule has 1 amide bonds. The van der Waals surface area contributed by atoms with E-state index < -0.39 is 0 Å². The number of nitrogens with zero attached hydrogens (tertiary/aromatic N) is 2. The molecule has 2 heterocycles. The van der Waals surface area contributed by atoms with Crippen molar-refractivity contribution in [2.45, 2.75) is 70.6 Å². The first-order valence-electron chi connectivity index (χ1n) is 7.81. The van der Waals surface area contributed by atoms with E-state index in [1.54, 1.807) is 0 Å². The predicted molar refractivity (Wildman–Crippen MR) is 75.9 cm³/mol. The summed E-state index contributed by atoms with van der Waals surface area (Å²) in [5.74, 6) is 0.292. The topological polar surface area (TPSA) is 43.8 Å². The lowest BCUT2D eigenvalue weighted by Crippen LogP contribution is -2.47. The van der Waals surface area contributed by atoms with Crippen molar-refractivity contribution in [2.24, 2.45) is 0 Å². The Morgan fingerprint density at radius 3 is 2.68 bits per heavy atom. The van der Waals surface area contributed by atoms with Crippen molar-refractivity contribution in [3.63, 3.8) is 0 Å². The maximum Gasteiger partial charge on any atom is 0.224 e. The van der Waals surface area contributed by atoms with Crippen LogP contribution in [0, 0.1) is 0 Å². The molecule has 0 bridgehead atoms. The molecule has 0 radical (unpaired) electrons. The molecule has 2 rings (SSSR count). The summed E-state index contributed by atoms with van der Waals surface area (Å²) in [6.45, 7) is 6.77. The third kappa shape index (κ3) is 3.69. The number of aliphatic hydroxyl groups excluding tert-OH is 1. The van der Waals surface area contributed by atoms with Crippen LogP contribution in [0.5, 0.6) is 0 Å². The Labute approximate surface area is 116 Å². The minimum absolute atomic E-state index is 0.248. The van der Waals surface area contributed by atoms with Crippen LogP contribution in [-0.2, 0) is 4.79 Å². The molecule has 3 atom stereocenters. The number of hydrogen-bond acceptors (Lipinski definition) is 3. The number of aliphatic hydroxyl groups is 1. The first-order chi connectivity index (χ1) is 9.09. The van der Waals surface area contributed by atoms with Crippen LogP contribution in [0.2, 0.25) is 0 Å². The molecule has 2 fully saturated rings. The smallest absolute Gasteiger partial charge is 0.224 e. The van der Waals surface area contributed by atoms with Crippen molar-refractivity contribution < 1.29 is 9.90 Å². The van der Waals surface area contributed by atoms with E-state index in [-0.39, 0.29) is 12.1 Å². The van der Waals surface area contributed by atoms with Gasteiger partial charge in [-0.1, -0.05) is 6.42 Å². The number of carbonyl (C=O) groups excluding carboxylic acids is 1. The van der Waals surface area contributed by atoms with Crippen LogP contribution in [0.25, 0.3) is 0 Å². The highest BCUT2D eigenvalue weighted by molar-refractivity contribution is 5.77. The van der Waals surface area contributed by atoms with Crippen LogP contribution in [-0.4, -0.2) is 58.6 Å². The van der Waals surface area contributed by atoms with Crippen LogP contribution < -0.4 is 0 Å².